The largest absolute Gasteiger partial charge is 0.373 e. The number of carbonyl (C=O) groups excluding carboxylic acids is 1. The smallest absolute Gasteiger partial charge is 0.249 e. The lowest BCUT2D eigenvalue weighted by Gasteiger charge is -2.25. The lowest BCUT2D eigenvalue weighted by Crippen LogP contribution is -2.35. The zero-order chi connectivity index (χ0) is 15.2. The van der Waals surface area contributed by atoms with Crippen molar-refractivity contribution in [2.24, 2.45) is 0 Å². The number of rotatable bonds is 6. The maximum Gasteiger partial charge on any atom is 0.249 e. The standard InChI is InChI=1S/C18H25NO3/c20-18(17-10-4-12-22-17)19-11-5-13-21-16-9-3-7-14-6-1-2-8-15(14)16/h1-2,6,8,16-17H,3-5,7,9-13H2,(H,19,20)/t16-,17+/m1/s1. The van der Waals surface area contributed by atoms with Crippen LogP contribution in [0.4, 0.5) is 0 Å². The minimum Gasteiger partial charge on any atom is -0.373 e. The number of aryl methyl sites for hydroxylation is 1. The van der Waals surface area contributed by atoms with Gasteiger partial charge in [-0.2, -0.15) is 0 Å². The van der Waals surface area contributed by atoms with Gasteiger partial charge in [-0.1, -0.05) is 24.3 Å². The average molecular weight is 303 g/mol. The molecule has 1 aliphatic heterocycles. The van der Waals surface area contributed by atoms with Gasteiger partial charge < -0.3 is 14.8 Å². The van der Waals surface area contributed by atoms with Crippen LogP contribution in [-0.4, -0.2) is 31.8 Å². The third-order valence-corrected chi connectivity index (χ3v) is 4.48. The molecule has 3 rings (SSSR count). The molecule has 1 N–H and O–H groups in total. The Morgan fingerprint density at radius 1 is 1.27 bits per heavy atom. The van der Waals surface area contributed by atoms with Gasteiger partial charge in [-0.3, -0.25) is 4.79 Å². The second-order valence-corrected chi connectivity index (χ2v) is 6.10. The van der Waals surface area contributed by atoms with Crippen molar-refractivity contribution in [1.29, 1.82) is 0 Å². The van der Waals surface area contributed by atoms with E-state index in [1.54, 1.807) is 0 Å². The first-order chi connectivity index (χ1) is 10.8. The first-order valence-corrected chi connectivity index (χ1v) is 8.43. The summed E-state index contributed by atoms with van der Waals surface area (Å²) in [7, 11) is 0. The minimum atomic E-state index is -0.230. The Morgan fingerprint density at radius 2 is 2.18 bits per heavy atom. The van der Waals surface area contributed by atoms with Crippen LogP contribution in [0.1, 0.15) is 49.3 Å². The van der Waals surface area contributed by atoms with Gasteiger partial charge in [0.1, 0.15) is 6.10 Å². The molecule has 2 atom stereocenters. The van der Waals surface area contributed by atoms with E-state index in [4.69, 9.17) is 9.47 Å². The second kappa shape index (κ2) is 7.75. The SMILES string of the molecule is O=C(NCCCO[C@@H]1CCCc2ccccc21)[C@@H]1CCCO1. The van der Waals surface area contributed by atoms with Crippen LogP contribution in [0.5, 0.6) is 0 Å². The second-order valence-electron chi connectivity index (χ2n) is 6.10. The van der Waals surface area contributed by atoms with E-state index >= 15 is 0 Å². The predicted octanol–water partition coefficient (Wildman–Crippen LogP) is 2.77. The first-order valence-electron chi connectivity index (χ1n) is 8.43. The summed E-state index contributed by atoms with van der Waals surface area (Å²) < 4.78 is 11.4. The number of hydrogen-bond donors (Lipinski definition) is 1. The maximum atomic E-state index is 11.8. The molecule has 1 heterocycles. The molecular weight excluding hydrogens is 278 g/mol. The summed E-state index contributed by atoms with van der Waals surface area (Å²) in [4.78, 5) is 11.8. The van der Waals surface area contributed by atoms with E-state index in [9.17, 15) is 4.79 Å². The Labute approximate surface area is 132 Å². The van der Waals surface area contributed by atoms with Crippen LogP contribution in [0.15, 0.2) is 24.3 Å². The van der Waals surface area contributed by atoms with Gasteiger partial charge in [-0.05, 0) is 49.7 Å². The van der Waals surface area contributed by atoms with Crippen molar-refractivity contribution in [2.75, 3.05) is 19.8 Å². The van der Waals surface area contributed by atoms with Gasteiger partial charge in [0.15, 0.2) is 0 Å². The third-order valence-electron chi connectivity index (χ3n) is 4.48. The molecule has 1 aliphatic carbocycles. The molecule has 0 unspecified atom stereocenters. The Morgan fingerprint density at radius 3 is 3.05 bits per heavy atom. The molecule has 120 valence electrons. The summed E-state index contributed by atoms with van der Waals surface area (Å²) in [5.41, 5.74) is 2.77. The molecule has 0 saturated carbocycles. The molecule has 1 aromatic rings. The fraction of sp³-hybridized carbons (Fsp3) is 0.611. The van der Waals surface area contributed by atoms with Crippen LogP contribution in [0.25, 0.3) is 0 Å². The van der Waals surface area contributed by atoms with Crippen molar-refractivity contribution in [3.05, 3.63) is 35.4 Å². The molecule has 22 heavy (non-hydrogen) atoms. The van der Waals surface area contributed by atoms with E-state index < -0.39 is 0 Å². The van der Waals surface area contributed by atoms with Crippen molar-refractivity contribution in [1.82, 2.24) is 5.32 Å². The van der Waals surface area contributed by atoms with Gasteiger partial charge in [-0.15, -0.1) is 0 Å². The fourth-order valence-corrected chi connectivity index (χ4v) is 3.29. The van der Waals surface area contributed by atoms with Gasteiger partial charge in [-0.25, -0.2) is 0 Å². The molecule has 1 aromatic carbocycles. The monoisotopic (exact) mass is 303 g/mol. The molecular formula is C18H25NO3. The molecule has 0 spiro atoms. The molecule has 1 fully saturated rings. The van der Waals surface area contributed by atoms with Crippen LogP contribution in [-0.2, 0) is 20.7 Å². The summed E-state index contributed by atoms with van der Waals surface area (Å²) in [6, 6.07) is 8.56. The van der Waals surface area contributed by atoms with Crippen LogP contribution in [0.2, 0.25) is 0 Å². The zero-order valence-electron chi connectivity index (χ0n) is 13.1. The quantitative estimate of drug-likeness (QED) is 0.822. The Bertz CT molecular complexity index is 497. The van der Waals surface area contributed by atoms with Gasteiger partial charge in [0, 0.05) is 19.8 Å². The van der Waals surface area contributed by atoms with Crippen molar-refractivity contribution in [3.8, 4) is 0 Å². The molecule has 0 radical (unpaired) electrons. The molecule has 1 saturated heterocycles. The zero-order valence-corrected chi connectivity index (χ0v) is 13.1. The van der Waals surface area contributed by atoms with Crippen LogP contribution in [0, 0.1) is 0 Å². The van der Waals surface area contributed by atoms with Crippen molar-refractivity contribution < 1.29 is 14.3 Å². The average Bonchev–Trinajstić information content (AvgIpc) is 3.09. The number of benzene rings is 1. The van der Waals surface area contributed by atoms with E-state index in [2.05, 4.69) is 29.6 Å². The molecule has 4 nitrogen and oxygen atoms in total. The van der Waals surface area contributed by atoms with E-state index in [-0.39, 0.29) is 18.1 Å². The summed E-state index contributed by atoms with van der Waals surface area (Å²) in [5, 5.41) is 2.94. The normalized spacial score (nSPS) is 24.0. The number of fused-ring (bicyclic) bond motifs is 1. The lowest BCUT2D eigenvalue weighted by molar-refractivity contribution is -0.130. The summed E-state index contributed by atoms with van der Waals surface area (Å²) >= 11 is 0. The summed E-state index contributed by atoms with van der Waals surface area (Å²) in [5.74, 6) is 0.0283. The van der Waals surface area contributed by atoms with Crippen LogP contribution in [0.3, 0.4) is 0 Å². The van der Waals surface area contributed by atoms with Gasteiger partial charge in [0.05, 0.1) is 6.10 Å². The van der Waals surface area contributed by atoms with Gasteiger partial charge in [0.2, 0.25) is 5.91 Å². The Balaban J connectivity index is 1.36. The van der Waals surface area contributed by atoms with E-state index in [1.807, 2.05) is 0 Å². The minimum absolute atomic E-state index is 0.0283. The first kappa shape index (κ1) is 15.5. The van der Waals surface area contributed by atoms with E-state index in [1.165, 1.54) is 17.5 Å². The fourth-order valence-electron chi connectivity index (χ4n) is 3.29. The molecule has 0 aromatic heterocycles. The topological polar surface area (TPSA) is 47.6 Å². The summed E-state index contributed by atoms with van der Waals surface area (Å²) in [6.07, 6.45) is 6.12. The Kier molecular flexibility index (Phi) is 5.46. The van der Waals surface area contributed by atoms with Gasteiger partial charge in [0.25, 0.3) is 0 Å². The number of nitrogens with one attached hydrogen (secondary N) is 1. The Hall–Kier alpha value is -1.39. The molecule has 4 heteroatoms. The number of hydrogen-bond acceptors (Lipinski definition) is 3. The molecule has 0 bridgehead atoms. The highest BCUT2D eigenvalue weighted by atomic mass is 16.5. The highest BCUT2D eigenvalue weighted by molar-refractivity contribution is 5.80. The molecule has 2 aliphatic rings. The highest BCUT2D eigenvalue weighted by Gasteiger charge is 2.23. The van der Waals surface area contributed by atoms with Crippen molar-refractivity contribution in [3.63, 3.8) is 0 Å². The molecule has 1 amide bonds. The van der Waals surface area contributed by atoms with E-state index in [0.717, 1.165) is 32.1 Å². The van der Waals surface area contributed by atoms with E-state index in [0.29, 0.717) is 19.8 Å². The maximum absolute atomic E-state index is 11.8. The lowest BCUT2D eigenvalue weighted by atomic mass is 9.89. The van der Waals surface area contributed by atoms with Crippen molar-refractivity contribution >= 4 is 5.91 Å². The van der Waals surface area contributed by atoms with Crippen molar-refractivity contribution in [2.45, 2.75) is 50.7 Å². The summed E-state index contributed by atoms with van der Waals surface area (Å²) in [6.45, 7) is 2.06. The number of amides is 1. The number of carbonyl (C=O) groups is 1. The van der Waals surface area contributed by atoms with Gasteiger partial charge >= 0.3 is 0 Å². The van der Waals surface area contributed by atoms with Crippen LogP contribution >= 0.6 is 0 Å². The van der Waals surface area contributed by atoms with Crippen LogP contribution < -0.4 is 5.32 Å². The highest BCUT2D eigenvalue weighted by Crippen LogP contribution is 2.32. The number of ether oxygens (including phenoxy) is 2. The predicted molar refractivity (Wildman–Crippen MR) is 84.7 cm³/mol. The third kappa shape index (κ3) is 3.87.